The van der Waals surface area contributed by atoms with Crippen LogP contribution in [0.5, 0.6) is 0 Å². The Morgan fingerprint density at radius 1 is 1.29 bits per heavy atom. The fraction of sp³-hybridized carbons (Fsp3) is 0.917. The summed E-state index contributed by atoms with van der Waals surface area (Å²) in [6, 6.07) is 0.584. The quantitative estimate of drug-likeness (QED) is 0.416. The summed E-state index contributed by atoms with van der Waals surface area (Å²) < 4.78 is 0. The standard InChI is InChI=1S/C12H28N4.HI/c1-6-16(11(4)5)8-7-14-12(13)15-9-10(2)3;/h10-11H,6-9H2,1-5H3,(H3,13,14,15);1H. The third kappa shape index (κ3) is 10.8. The summed E-state index contributed by atoms with van der Waals surface area (Å²) in [6.07, 6.45) is 0. The van der Waals surface area contributed by atoms with Gasteiger partial charge in [-0.1, -0.05) is 20.8 Å². The van der Waals surface area contributed by atoms with Crippen molar-refractivity contribution in [2.24, 2.45) is 16.6 Å². The molecule has 0 aromatic heterocycles. The summed E-state index contributed by atoms with van der Waals surface area (Å²) in [6.45, 7) is 14.6. The van der Waals surface area contributed by atoms with Crippen molar-refractivity contribution < 1.29 is 0 Å². The molecular weight excluding hydrogens is 327 g/mol. The summed E-state index contributed by atoms with van der Waals surface area (Å²) in [5.41, 5.74) is 5.75. The minimum absolute atomic E-state index is 0. The molecule has 0 saturated heterocycles. The Labute approximate surface area is 123 Å². The van der Waals surface area contributed by atoms with Gasteiger partial charge in [0.05, 0.1) is 0 Å². The minimum Gasteiger partial charge on any atom is -0.370 e. The maximum atomic E-state index is 5.75. The molecule has 0 aromatic carbocycles. The van der Waals surface area contributed by atoms with Crippen LogP contribution < -0.4 is 11.1 Å². The molecule has 0 aliphatic rings. The summed E-state index contributed by atoms with van der Waals surface area (Å²) in [4.78, 5) is 6.65. The number of guanidine groups is 1. The van der Waals surface area contributed by atoms with E-state index in [1.54, 1.807) is 0 Å². The highest BCUT2D eigenvalue weighted by Crippen LogP contribution is 1.95. The first-order valence-electron chi connectivity index (χ1n) is 6.25. The number of rotatable bonds is 7. The molecule has 0 amide bonds. The number of hydrogen-bond acceptors (Lipinski definition) is 2. The monoisotopic (exact) mass is 356 g/mol. The Kier molecular flexibility index (Phi) is 12.6. The van der Waals surface area contributed by atoms with Crippen molar-refractivity contribution >= 4 is 29.9 Å². The second kappa shape index (κ2) is 11.1. The fourth-order valence-electron chi connectivity index (χ4n) is 1.45. The van der Waals surface area contributed by atoms with Crippen LogP contribution in [0.15, 0.2) is 4.99 Å². The van der Waals surface area contributed by atoms with Crippen molar-refractivity contribution in [3.63, 3.8) is 0 Å². The number of likely N-dealkylation sites (N-methyl/N-ethyl adjacent to an activating group) is 1. The fourth-order valence-corrected chi connectivity index (χ4v) is 1.45. The van der Waals surface area contributed by atoms with Gasteiger partial charge >= 0.3 is 0 Å². The lowest BCUT2D eigenvalue weighted by Gasteiger charge is -2.24. The second-order valence-corrected chi connectivity index (χ2v) is 4.77. The molecular formula is C12H29IN4. The summed E-state index contributed by atoms with van der Waals surface area (Å²) >= 11 is 0. The molecule has 0 rings (SSSR count). The van der Waals surface area contributed by atoms with Gasteiger partial charge in [-0.25, -0.2) is 0 Å². The van der Waals surface area contributed by atoms with E-state index < -0.39 is 0 Å². The topological polar surface area (TPSA) is 53.6 Å². The lowest BCUT2D eigenvalue weighted by atomic mass is 10.2. The molecule has 0 spiro atoms. The first kappa shape index (κ1) is 19.3. The molecule has 4 nitrogen and oxygen atoms in total. The van der Waals surface area contributed by atoms with Gasteiger partial charge in [0, 0.05) is 25.7 Å². The van der Waals surface area contributed by atoms with Crippen LogP contribution in [-0.4, -0.2) is 43.1 Å². The van der Waals surface area contributed by atoms with Crippen molar-refractivity contribution in [1.29, 1.82) is 0 Å². The lowest BCUT2D eigenvalue weighted by Crippen LogP contribution is -2.41. The highest BCUT2D eigenvalue weighted by atomic mass is 127. The molecule has 104 valence electrons. The van der Waals surface area contributed by atoms with Crippen LogP contribution in [0.25, 0.3) is 0 Å². The van der Waals surface area contributed by atoms with Gasteiger partial charge in [0.1, 0.15) is 0 Å². The highest BCUT2D eigenvalue weighted by molar-refractivity contribution is 14.0. The molecule has 0 fully saturated rings. The molecule has 0 aromatic rings. The Bertz CT molecular complexity index is 205. The molecule has 0 atom stereocenters. The van der Waals surface area contributed by atoms with Crippen molar-refractivity contribution in [3.05, 3.63) is 0 Å². The summed E-state index contributed by atoms with van der Waals surface area (Å²) in [5.74, 6) is 1.12. The predicted octanol–water partition coefficient (Wildman–Crippen LogP) is 1.90. The zero-order valence-electron chi connectivity index (χ0n) is 11.9. The average Bonchev–Trinajstić information content (AvgIpc) is 2.20. The average molecular weight is 356 g/mol. The number of aliphatic imine (C=N–C) groups is 1. The number of nitrogens with one attached hydrogen (secondary N) is 1. The number of nitrogens with zero attached hydrogens (tertiary/aromatic N) is 2. The zero-order valence-corrected chi connectivity index (χ0v) is 14.2. The van der Waals surface area contributed by atoms with Crippen LogP contribution >= 0.6 is 24.0 Å². The van der Waals surface area contributed by atoms with E-state index in [4.69, 9.17) is 5.73 Å². The van der Waals surface area contributed by atoms with Gasteiger partial charge in [-0.3, -0.25) is 9.89 Å². The lowest BCUT2D eigenvalue weighted by molar-refractivity contribution is 0.237. The third-order valence-electron chi connectivity index (χ3n) is 2.47. The zero-order chi connectivity index (χ0) is 12.6. The van der Waals surface area contributed by atoms with Crippen molar-refractivity contribution in [1.82, 2.24) is 10.2 Å². The van der Waals surface area contributed by atoms with E-state index in [0.29, 0.717) is 17.9 Å². The number of halogens is 1. The van der Waals surface area contributed by atoms with E-state index >= 15 is 0 Å². The Balaban J connectivity index is 0. The van der Waals surface area contributed by atoms with Crippen molar-refractivity contribution in [3.8, 4) is 0 Å². The van der Waals surface area contributed by atoms with Gasteiger partial charge < -0.3 is 11.1 Å². The van der Waals surface area contributed by atoms with Crippen LogP contribution in [-0.2, 0) is 0 Å². The molecule has 0 aliphatic carbocycles. The largest absolute Gasteiger partial charge is 0.370 e. The highest BCUT2D eigenvalue weighted by Gasteiger charge is 2.05. The Morgan fingerprint density at radius 3 is 2.29 bits per heavy atom. The SMILES string of the molecule is CCN(CCNC(N)=NCC(C)C)C(C)C.I. The van der Waals surface area contributed by atoms with E-state index in [-0.39, 0.29) is 24.0 Å². The smallest absolute Gasteiger partial charge is 0.188 e. The number of hydrogen-bond donors (Lipinski definition) is 2. The first-order chi connectivity index (χ1) is 7.47. The first-order valence-corrected chi connectivity index (χ1v) is 6.25. The van der Waals surface area contributed by atoms with E-state index in [9.17, 15) is 0 Å². The van der Waals surface area contributed by atoms with E-state index in [1.807, 2.05) is 0 Å². The maximum Gasteiger partial charge on any atom is 0.188 e. The van der Waals surface area contributed by atoms with Crippen LogP contribution in [0.3, 0.4) is 0 Å². The van der Waals surface area contributed by atoms with Crippen LogP contribution in [0.4, 0.5) is 0 Å². The molecule has 0 unspecified atom stereocenters. The van der Waals surface area contributed by atoms with Gasteiger partial charge in [-0.15, -0.1) is 24.0 Å². The minimum atomic E-state index is 0. The second-order valence-electron chi connectivity index (χ2n) is 4.77. The van der Waals surface area contributed by atoms with Crippen LogP contribution in [0.1, 0.15) is 34.6 Å². The molecule has 5 heteroatoms. The van der Waals surface area contributed by atoms with Gasteiger partial charge in [0.25, 0.3) is 0 Å². The summed E-state index contributed by atoms with van der Waals surface area (Å²) in [5, 5.41) is 3.14. The van der Waals surface area contributed by atoms with Crippen LogP contribution in [0.2, 0.25) is 0 Å². The van der Waals surface area contributed by atoms with Gasteiger partial charge in [-0.05, 0) is 26.3 Å². The van der Waals surface area contributed by atoms with Crippen molar-refractivity contribution in [2.45, 2.75) is 40.7 Å². The van der Waals surface area contributed by atoms with Gasteiger partial charge in [-0.2, -0.15) is 0 Å². The molecule has 3 N–H and O–H groups in total. The van der Waals surface area contributed by atoms with Crippen molar-refractivity contribution in [2.75, 3.05) is 26.2 Å². The molecule has 0 bridgehead atoms. The summed E-state index contributed by atoms with van der Waals surface area (Å²) in [7, 11) is 0. The van der Waals surface area contributed by atoms with Crippen LogP contribution in [0, 0.1) is 5.92 Å². The van der Waals surface area contributed by atoms with Gasteiger partial charge in [0.2, 0.25) is 0 Å². The van der Waals surface area contributed by atoms with E-state index in [1.165, 1.54) is 0 Å². The third-order valence-corrected chi connectivity index (χ3v) is 2.47. The molecule has 0 saturated carbocycles. The van der Waals surface area contributed by atoms with Gasteiger partial charge in [0.15, 0.2) is 5.96 Å². The molecule has 0 aliphatic heterocycles. The molecule has 0 heterocycles. The molecule has 0 radical (unpaired) electrons. The molecule has 17 heavy (non-hydrogen) atoms. The Hall–Kier alpha value is -0.0400. The van der Waals surface area contributed by atoms with E-state index in [0.717, 1.165) is 26.2 Å². The Morgan fingerprint density at radius 2 is 1.88 bits per heavy atom. The number of nitrogens with two attached hydrogens (primary N) is 1. The van der Waals surface area contributed by atoms with E-state index in [2.05, 4.69) is 49.8 Å². The predicted molar refractivity (Wildman–Crippen MR) is 87.1 cm³/mol. The normalized spacial score (nSPS) is 12.1. The maximum absolute atomic E-state index is 5.75.